The molecule has 0 aliphatic rings. The minimum atomic E-state index is -0.739. The fourth-order valence-electron chi connectivity index (χ4n) is 2.87. The maximum atomic E-state index is 12.7. The van der Waals surface area contributed by atoms with Crippen molar-refractivity contribution in [2.75, 3.05) is 6.61 Å². The van der Waals surface area contributed by atoms with E-state index in [4.69, 9.17) is 4.74 Å². The number of aryl methyl sites for hydroxylation is 1. The van der Waals surface area contributed by atoms with Crippen molar-refractivity contribution in [1.29, 1.82) is 0 Å². The van der Waals surface area contributed by atoms with E-state index in [0.29, 0.717) is 11.4 Å². The van der Waals surface area contributed by atoms with Crippen molar-refractivity contribution in [3.05, 3.63) is 58.1 Å². The van der Waals surface area contributed by atoms with Gasteiger partial charge in [0.25, 0.3) is 5.56 Å². The van der Waals surface area contributed by atoms with E-state index < -0.39 is 11.5 Å². The minimum Gasteiger partial charge on any atom is -0.505 e. The number of esters is 1. The fraction of sp³-hybridized carbons (Fsp3) is 0.211. The SMILES string of the molecule is CCOC(=O)c1c(O)c2cc(-c3ccccc3)nc(C)c2c(=O)n1C. The second-order valence-corrected chi connectivity index (χ2v) is 5.66. The molecule has 25 heavy (non-hydrogen) atoms. The van der Waals surface area contributed by atoms with Crippen molar-refractivity contribution in [2.45, 2.75) is 13.8 Å². The first-order valence-corrected chi connectivity index (χ1v) is 7.91. The zero-order chi connectivity index (χ0) is 18.1. The number of carbonyl (C=O) groups is 1. The Morgan fingerprint density at radius 3 is 2.60 bits per heavy atom. The molecule has 0 saturated carbocycles. The maximum absolute atomic E-state index is 12.7. The van der Waals surface area contributed by atoms with Crippen LogP contribution in [0, 0.1) is 6.92 Å². The summed E-state index contributed by atoms with van der Waals surface area (Å²) in [5.41, 5.74) is 1.39. The number of aromatic hydroxyl groups is 1. The number of hydrogen-bond acceptors (Lipinski definition) is 5. The summed E-state index contributed by atoms with van der Waals surface area (Å²) in [5.74, 6) is -1.02. The zero-order valence-corrected chi connectivity index (χ0v) is 14.2. The summed E-state index contributed by atoms with van der Waals surface area (Å²) < 4.78 is 6.07. The predicted molar refractivity (Wildman–Crippen MR) is 94.8 cm³/mol. The molecule has 2 aromatic heterocycles. The van der Waals surface area contributed by atoms with Crippen LogP contribution in [0.5, 0.6) is 5.75 Å². The number of rotatable bonds is 3. The van der Waals surface area contributed by atoms with Gasteiger partial charge in [0.05, 0.1) is 23.4 Å². The van der Waals surface area contributed by atoms with Gasteiger partial charge in [-0.3, -0.25) is 9.78 Å². The number of carbonyl (C=O) groups excluding carboxylic acids is 1. The molecule has 3 aromatic rings. The topological polar surface area (TPSA) is 81.4 Å². The van der Waals surface area contributed by atoms with E-state index in [0.717, 1.165) is 10.1 Å². The summed E-state index contributed by atoms with van der Waals surface area (Å²) in [6.45, 7) is 3.52. The standard InChI is InChI=1S/C19H18N2O4/c1-4-25-19(24)16-17(22)13-10-14(12-8-6-5-7-9-12)20-11(2)15(13)18(23)21(16)3/h5-10,22H,4H2,1-3H3. The van der Waals surface area contributed by atoms with Gasteiger partial charge in [-0.15, -0.1) is 0 Å². The average molecular weight is 338 g/mol. The molecule has 0 fully saturated rings. The molecule has 6 heteroatoms. The average Bonchev–Trinajstić information content (AvgIpc) is 2.60. The van der Waals surface area contributed by atoms with E-state index in [2.05, 4.69) is 4.98 Å². The van der Waals surface area contributed by atoms with Crippen LogP contribution in [0.3, 0.4) is 0 Å². The van der Waals surface area contributed by atoms with Crippen molar-refractivity contribution in [3.8, 4) is 17.0 Å². The van der Waals surface area contributed by atoms with Gasteiger partial charge in [-0.1, -0.05) is 30.3 Å². The zero-order valence-electron chi connectivity index (χ0n) is 14.2. The van der Waals surface area contributed by atoms with Gasteiger partial charge in [0.2, 0.25) is 0 Å². The number of aromatic nitrogens is 2. The van der Waals surface area contributed by atoms with Crippen molar-refractivity contribution < 1.29 is 14.6 Å². The van der Waals surface area contributed by atoms with E-state index in [-0.39, 0.29) is 28.8 Å². The maximum Gasteiger partial charge on any atom is 0.358 e. The van der Waals surface area contributed by atoms with Crippen molar-refractivity contribution >= 4 is 16.7 Å². The molecule has 0 amide bonds. The lowest BCUT2D eigenvalue weighted by atomic mass is 10.0. The molecule has 0 spiro atoms. The van der Waals surface area contributed by atoms with E-state index in [1.165, 1.54) is 7.05 Å². The second kappa shape index (κ2) is 6.39. The normalized spacial score (nSPS) is 10.8. The van der Waals surface area contributed by atoms with Crippen LogP contribution in [0.4, 0.5) is 0 Å². The molecule has 0 unspecified atom stereocenters. The number of ether oxygens (including phenoxy) is 1. The highest BCUT2D eigenvalue weighted by Crippen LogP contribution is 2.31. The molecule has 0 radical (unpaired) electrons. The number of benzene rings is 1. The molecule has 3 rings (SSSR count). The van der Waals surface area contributed by atoms with Crippen LogP contribution in [-0.2, 0) is 11.8 Å². The predicted octanol–water partition coefficient (Wildman–Crippen LogP) is 2.79. The van der Waals surface area contributed by atoms with Gasteiger partial charge in [0.15, 0.2) is 11.4 Å². The fourth-order valence-corrected chi connectivity index (χ4v) is 2.87. The number of hydrogen-bond donors (Lipinski definition) is 1. The van der Waals surface area contributed by atoms with Crippen LogP contribution in [0.1, 0.15) is 23.1 Å². The van der Waals surface area contributed by atoms with Crippen molar-refractivity contribution in [1.82, 2.24) is 9.55 Å². The second-order valence-electron chi connectivity index (χ2n) is 5.66. The Bertz CT molecular complexity index is 1020. The third-order valence-corrected chi connectivity index (χ3v) is 4.07. The smallest absolute Gasteiger partial charge is 0.358 e. The molecule has 0 saturated heterocycles. The van der Waals surface area contributed by atoms with Gasteiger partial charge in [0, 0.05) is 18.0 Å². The molecule has 0 aliphatic heterocycles. The van der Waals surface area contributed by atoms with Crippen LogP contribution in [0.2, 0.25) is 0 Å². The molecule has 0 atom stereocenters. The van der Waals surface area contributed by atoms with Crippen LogP contribution in [-0.4, -0.2) is 27.2 Å². The third kappa shape index (κ3) is 2.76. The number of fused-ring (bicyclic) bond motifs is 1. The Morgan fingerprint density at radius 2 is 1.96 bits per heavy atom. The van der Waals surface area contributed by atoms with Gasteiger partial charge in [-0.2, -0.15) is 0 Å². The third-order valence-electron chi connectivity index (χ3n) is 4.07. The first-order valence-electron chi connectivity index (χ1n) is 7.91. The van der Waals surface area contributed by atoms with Gasteiger partial charge >= 0.3 is 5.97 Å². The van der Waals surface area contributed by atoms with Crippen LogP contribution in [0.15, 0.2) is 41.2 Å². The van der Waals surface area contributed by atoms with Gasteiger partial charge in [-0.25, -0.2) is 4.79 Å². The molecule has 6 nitrogen and oxygen atoms in total. The van der Waals surface area contributed by atoms with E-state index >= 15 is 0 Å². The largest absolute Gasteiger partial charge is 0.505 e. The molecule has 128 valence electrons. The van der Waals surface area contributed by atoms with E-state index in [1.807, 2.05) is 30.3 Å². The monoisotopic (exact) mass is 338 g/mol. The summed E-state index contributed by atoms with van der Waals surface area (Å²) in [6.07, 6.45) is 0. The molecule has 2 heterocycles. The lowest BCUT2D eigenvalue weighted by Gasteiger charge is -2.14. The molecule has 0 aliphatic carbocycles. The highest BCUT2D eigenvalue weighted by atomic mass is 16.5. The van der Waals surface area contributed by atoms with Gasteiger partial charge in [-0.05, 0) is 19.9 Å². The summed E-state index contributed by atoms with van der Waals surface area (Å²) in [7, 11) is 1.43. The highest BCUT2D eigenvalue weighted by molar-refractivity contribution is 6.00. The first kappa shape index (κ1) is 16.7. The van der Waals surface area contributed by atoms with E-state index in [1.54, 1.807) is 19.9 Å². The first-order chi connectivity index (χ1) is 12.0. The Hall–Kier alpha value is -3.15. The Kier molecular flexibility index (Phi) is 4.27. The molecule has 1 N–H and O–H groups in total. The van der Waals surface area contributed by atoms with Crippen molar-refractivity contribution in [3.63, 3.8) is 0 Å². The van der Waals surface area contributed by atoms with Crippen LogP contribution < -0.4 is 5.56 Å². The summed E-state index contributed by atoms with van der Waals surface area (Å²) in [5, 5.41) is 11.2. The Morgan fingerprint density at radius 1 is 1.28 bits per heavy atom. The number of nitrogens with zero attached hydrogens (tertiary/aromatic N) is 2. The Balaban J connectivity index is 2.37. The molecule has 1 aromatic carbocycles. The van der Waals surface area contributed by atoms with Crippen LogP contribution in [0.25, 0.3) is 22.0 Å². The lowest BCUT2D eigenvalue weighted by Crippen LogP contribution is -2.25. The van der Waals surface area contributed by atoms with Gasteiger partial charge < -0.3 is 14.4 Å². The van der Waals surface area contributed by atoms with Crippen molar-refractivity contribution in [2.24, 2.45) is 7.05 Å². The minimum absolute atomic E-state index is 0.148. The summed E-state index contributed by atoms with van der Waals surface area (Å²) >= 11 is 0. The summed E-state index contributed by atoms with van der Waals surface area (Å²) in [4.78, 5) is 29.3. The quantitative estimate of drug-likeness (QED) is 0.743. The molecular formula is C19H18N2O4. The summed E-state index contributed by atoms with van der Waals surface area (Å²) in [6, 6.07) is 11.0. The van der Waals surface area contributed by atoms with E-state index in [9.17, 15) is 14.7 Å². The van der Waals surface area contributed by atoms with Crippen LogP contribution >= 0.6 is 0 Å². The van der Waals surface area contributed by atoms with Gasteiger partial charge in [0.1, 0.15) is 0 Å². The Labute approximate surface area is 144 Å². The highest BCUT2D eigenvalue weighted by Gasteiger charge is 2.23. The molecule has 0 bridgehead atoms. The lowest BCUT2D eigenvalue weighted by molar-refractivity contribution is 0.0510. The molecular weight excluding hydrogens is 320 g/mol. The number of pyridine rings is 2.